The van der Waals surface area contributed by atoms with Gasteiger partial charge in [0.05, 0.1) is 11.7 Å². The van der Waals surface area contributed by atoms with E-state index in [-0.39, 0.29) is 11.5 Å². The minimum Gasteiger partial charge on any atom is -0.324 e. The van der Waals surface area contributed by atoms with E-state index in [0.717, 1.165) is 27.9 Å². The summed E-state index contributed by atoms with van der Waals surface area (Å²) in [7, 11) is 0. The Kier molecular flexibility index (Phi) is 5.98. The van der Waals surface area contributed by atoms with Crippen molar-refractivity contribution in [2.24, 2.45) is 0 Å². The summed E-state index contributed by atoms with van der Waals surface area (Å²) in [5.41, 5.74) is 5.74. The summed E-state index contributed by atoms with van der Waals surface area (Å²) < 4.78 is 1.42. The fraction of sp³-hybridized carbons (Fsp3) is 0.269. The molecule has 0 fully saturated rings. The van der Waals surface area contributed by atoms with E-state index in [1.54, 1.807) is 6.92 Å². The lowest BCUT2D eigenvalue weighted by atomic mass is 9.99. The van der Waals surface area contributed by atoms with E-state index in [1.165, 1.54) is 27.8 Å². The lowest BCUT2D eigenvalue weighted by Gasteiger charge is -2.16. The average molecular weight is 446 g/mol. The van der Waals surface area contributed by atoms with Gasteiger partial charge in [0.2, 0.25) is 5.91 Å². The fourth-order valence-corrected chi connectivity index (χ4v) is 4.71. The average Bonchev–Trinajstić information content (AvgIpc) is 3.20. The van der Waals surface area contributed by atoms with Crippen molar-refractivity contribution in [3.63, 3.8) is 0 Å². The molecular weight excluding hydrogens is 418 g/mol. The molecule has 1 atom stereocenters. The molecule has 2 aromatic heterocycles. The predicted octanol–water partition coefficient (Wildman–Crippen LogP) is 6.06. The molecule has 5 nitrogen and oxygen atoms in total. The highest BCUT2D eigenvalue weighted by Crippen LogP contribution is 2.32. The van der Waals surface area contributed by atoms with E-state index in [0.29, 0.717) is 16.1 Å². The number of fused-ring (bicyclic) bond motifs is 1. The van der Waals surface area contributed by atoms with E-state index in [9.17, 15) is 9.59 Å². The van der Waals surface area contributed by atoms with Crippen LogP contribution in [0.25, 0.3) is 21.3 Å². The Labute approximate surface area is 191 Å². The number of aromatic nitrogens is 2. The monoisotopic (exact) mass is 445 g/mol. The standard InChI is InChI=1S/C26H27N3O2S/c1-15(2)19-7-9-20(10-8-19)21-13-32-25-23(21)26(31)29(14-27-25)18(5)24(30)28-22-11-6-16(3)12-17(22)4/h6-15,18H,1-5H3,(H,28,30). The number of carbonyl (C=O) groups excluding carboxylic acids is 1. The molecule has 0 aliphatic heterocycles. The Morgan fingerprint density at radius 3 is 2.44 bits per heavy atom. The number of thiophene rings is 1. The molecule has 2 heterocycles. The van der Waals surface area contributed by atoms with Crippen molar-refractivity contribution >= 4 is 33.1 Å². The first-order valence-corrected chi connectivity index (χ1v) is 11.6. The SMILES string of the molecule is Cc1ccc(NC(=O)C(C)n2cnc3scc(-c4ccc(C(C)C)cc4)c3c2=O)c(C)c1. The Bertz CT molecular complexity index is 1350. The van der Waals surface area contributed by atoms with Crippen LogP contribution < -0.4 is 10.9 Å². The van der Waals surface area contributed by atoms with Crippen LogP contribution in [0.5, 0.6) is 0 Å². The van der Waals surface area contributed by atoms with Gasteiger partial charge in [0, 0.05) is 16.6 Å². The van der Waals surface area contributed by atoms with Crippen LogP contribution in [0.15, 0.2) is 59.0 Å². The van der Waals surface area contributed by atoms with E-state index < -0.39 is 6.04 Å². The van der Waals surface area contributed by atoms with Crippen LogP contribution in [0, 0.1) is 13.8 Å². The molecule has 0 aliphatic carbocycles. The number of aryl methyl sites for hydroxylation is 2. The normalized spacial score (nSPS) is 12.3. The van der Waals surface area contributed by atoms with Gasteiger partial charge in [-0.3, -0.25) is 14.2 Å². The number of rotatable bonds is 5. The van der Waals surface area contributed by atoms with Crippen molar-refractivity contribution in [2.45, 2.75) is 46.6 Å². The summed E-state index contributed by atoms with van der Waals surface area (Å²) in [6, 6.07) is 13.4. The third-order valence-corrected chi connectivity index (χ3v) is 6.73. The summed E-state index contributed by atoms with van der Waals surface area (Å²) >= 11 is 1.44. The van der Waals surface area contributed by atoms with Crippen LogP contribution in [0.2, 0.25) is 0 Å². The Hall–Kier alpha value is -3.25. The maximum absolute atomic E-state index is 13.4. The highest BCUT2D eigenvalue weighted by atomic mass is 32.1. The number of nitrogens with one attached hydrogen (secondary N) is 1. The van der Waals surface area contributed by atoms with Gasteiger partial charge in [-0.2, -0.15) is 0 Å². The third-order valence-electron chi connectivity index (χ3n) is 5.84. The number of nitrogens with zero attached hydrogens (tertiary/aromatic N) is 2. The predicted molar refractivity (Wildman–Crippen MR) is 133 cm³/mol. The number of carbonyl (C=O) groups is 1. The van der Waals surface area contributed by atoms with Crippen molar-refractivity contribution in [3.05, 3.63) is 81.2 Å². The molecule has 2 aromatic carbocycles. The number of hydrogen-bond donors (Lipinski definition) is 1. The Morgan fingerprint density at radius 2 is 1.78 bits per heavy atom. The van der Waals surface area contributed by atoms with Gasteiger partial charge in [-0.05, 0) is 49.4 Å². The second-order valence-corrected chi connectivity index (χ2v) is 9.40. The number of benzene rings is 2. The van der Waals surface area contributed by atoms with E-state index >= 15 is 0 Å². The Morgan fingerprint density at radius 1 is 1.06 bits per heavy atom. The van der Waals surface area contributed by atoms with Crippen LogP contribution in [0.3, 0.4) is 0 Å². The van der Waals surface area contributed by atoms with Crippen molar-refractivity contribution in [3.8, 4) is 11.1 Å². The molecule has 0 saturated heterocycles. The summed E-state index contributed by atoms with van der Waals surface area (Å²) in [6.45, 7) is 9.99. The number of anilines is 1. The van der Waals surface area contributed by atoms with Crippen molar-refractivity contribution in [2.75, 3.05) is 5.32 Å². The highest BCUT2D eigenvalue weighted by Gasteiger charge is 2.21. The van der Waals surface area contributed by atoms with E-state index in [4.69, 9.17) is 0 Å². The molecule has 0 spiro atoms. The zero-order valence-corrected chi connectivity index (χ0v) is 19.8. The lowest BCUT2D eigenvalue weighted by molar-refractivity contribution is -0.118. The molecule has 164 valence electrons. The van der Waals surface area contributed by atoms with Gasteiger partial charge in [-0.15, -0.1) is 11.3 Å². The maximum Gasteiger partial charge on any atom is 0.263 e. The van der Waals surface area contributed by atoms with Gasteiger partial charge >= 0.3 is 0 Å². The van der Waals surface area contributed by atoms with Crippen LogP contribution in [-0.2, 0) is 4.79 Å². The molecular formula is C26H27N3O2S. The third kappa shape index (κ3) is 4.10. The van der Waals surface area contributed by atoms with Crippen LogP contribution in [-0.4, -0.2) is 15.5 Å². The zero-order chi connectivity index (χ0) is 23.0. The van der Waals surface area contributed by atoms with Gasteiger partial charge in [-0.25, -0.2) is 4.98 Å². The first-order chi connectivity index (χ1) is 15.3. The molecule has 0 aliphatic rings. The highest BCUT2D eigenvalue weighted by molar-refractivity contribution is 7.17. The van der Waals surface area contributed by atoms with Crippen LogP contribution in [0.1, 0.15) is 49.4 Å². The minimum atomic E-state index is -0.698. The molecule has 4 rings (SSSR count). The summed E-state index contributed by atoms with van der Waals surface area (Å²) in [4.78, 5) is 31.5. The lowest BCUT2D eigenvalue weighted by Crippen LogP contribution is -2.31. The molecule has 0 radical (unpaired) electrons. The topological polar surface area (TPSA) is 64.0 Å². The Balaban J connectivity index is 1.69. The smallest absolute Gasteiger partial charge is 0.263 e. The van der Waals surface area contributed by atoms with Gasteiger partial charge in [-0.1, -0.05) is 55.8 Å². The molecule has 32 heavy (non-hydrogen) atoms. The largest absolute Gasteiger partial charge is 0.324 e. The molecule has 0 bridgehead atoms. The van der Waals surface area contributed by atoms with Gasteiger partial charge in [0.15, 0.2) is 0 Å². The van der Waals surface area contributed by atoms with Gasteiger partial charge < -0.3 is 5.32 Å². The maximum atomic E-state index is 13.4. The van der Waals surface area contributed by atoms with Crippen molar-refractivity contribution in [1.29, 1.82) is 0 Å². The molecule has 6 heteroatoms. The zero-order valence-electron chi connectivity index (χ0n) is 19.0. The van der Waals surface area contributed by atoms with Gasteiger partial charge in [0.1, 0.15) is 10.9 Å². The second kappa shape index (κ2) is 8.71. The number of hydrogen-bond acceptors (Lipinski definition) is 4. The summed E-state index contributed by atoms with van der Waals surface area (Å²) in [6.07, 6.45) is 1.47. The summed E-state index contributed by atoms with van der Waals surface area (Å²) in [5, 5.41) is 5.47. The molecule has 1 amide bonds. The van der Waals surface area contributed by atoms with E-state index in [2.05, 4.69) is 36.3 Å². The molecule has 1 N–H and O–H groups in total. The summed E-state index contributed by atoms with van der Waals surface area (Å²) in [5.74, 6) is 0.192. The molecule has 1 unspecified atom stereocenters. The first kappa shape index (κ1) is 22.0. The molecule has 0 saturated carbocycles. The number of amides is 1. The van der Waals surface area contributed by atoms with Crippen LogP contribution >= 0.6 is 11.3 Å². The van der Waals surface area contributed by atoms with Crippen molar-refractivity contribution in [1.82, 2.24) is 9.55 Å². The van der Waals surface area contributed by atoms with Crippen molar-refractivity contribution < 1.29 is 4.79 Å². The first-order valence-electron chi connectivity index (χ1n) is 10.7. The van der Waals surface area contributed by atoms with Crippen LogP contribution in [0.4, 0.5) is 5.69 Å². The fourth-order valence-electron chi connectivity index (χ4n) is 3.80. The second-order valence-electron chi connectivity index (χ2n) is 8.55. The van der Waals surface area contributed by atoms with Gasteiger partial charge in [0.25, 0.3) is 5.56 Å². The van der Waals surface area contributed by atoms with E-state index in [1.807, 2.05) is 49.6 Å². The molecule has 4 aromatic rings. The minimum absolute atomic E-state index is 0.206. The quantitative estimate of drug-likeness (QED) is 0.406.